The molecule has 2 aromatic heterocycles. The second-order valence-corrected chi connectivity index (χ2v) is 6.35. The summed E-state index contributed by atoms with van der Waals surface area (Å²) in [6.45, 7) is 2.15. The summed E-state index contributed by atoms with van der Waals surface area (Å²) < 4.78 is 5.51. The minimum atomic E-state index is -0.504. The van der Waals surface area contributed by atoms with Gasteiger partial charge in [-0.25, -0.2) is 4.98 Å². The topological polar surface area (TPSA) is 45.6 Å². The molecule has 114 valence electrons. The minimum absolute atomic E-state index is 0.334. The van der Waals surface area contributed by atoms with Crippen LogP contribution >= 0.6 is 22.9 Å². The molecule has 0 radical (unpaired) electrons. The van der Waals surface area contributed by atoms with Gasteiger partial charge in [-0.3, -0.25) is 4.90 Å². The van der Waals surface area contributed by atoms with Crippen LogP contribution in [0.15, 0.2) is 35.8 Å². The van der Waals surface area contributed by atoms with Gasteiger partial charge in [0, 0.05) is 24.2 Å². The fraction of sp³-hybridized carbons (Fsp3) is 0.400. The van der Waals surface area contributed by atoms with Gasteiger partial charge < -0.3 is 9.84 Å². The van der Waals surface area contributed by atoms with Gasteiger partial charge in [-0.2, -0.15) is 0 Å². The number of hydrogen-bond donors (Lipinski definition) is 1. The van der Waals surface area contributed by atoms with Crippen molar-refractivity contribution in [2.45, 2.75) is 19.3 Å². The number of thiophene rings is 1. The predicted molar refractivity (Wildman–Crippen MR) is 85.6 cm³/mol. The van der Waals surface area contributed by atoms with Gasteiger partial charge in [0.15, 0.2) is 0 Å². The first kappa shape index (κ1) is 16.4. The Kier molecular flexibility index (Phi) is 6.60. The fourth-order valence-electron chi connectivity index (χ4n) is 1.98. The molecule has 21 heavy (non-hydrogen) atoms. The average molecular weight is 327 g/mol. The molecule has 0 saturated carbocycles. The van der Waals surface area contributed by atoms with Crippen LogP contribution in [-0.4, -0.2) is 41.3 Å². The number of nitrogens with zero attached hydrogens (tertiary/aromatic N) is 2. The fourth-order valence-corrected chi connectivity index (χ4v) is 2.73. The normalized spacial score (nSPS) is 12.8. The Labute approximate surface area is 134 Å². The highest BCUT2D eigenvalue weighted by Gasteiger charge is 2.09. The van der Waals surface area contributed by atoms with Crippen LogP contribution in [0.4, 0.5) is 0 Å². The Bertz CT molecular complexity index is 519. The number of aliphatic hydroxyl groups is 1. The van der Waals surface area contributed by atoms with Gasteiger partial charge >= 0.3 is 0 Å². The van der Waals surface area contributed by atoms with Gasteiger partial charge in [0.2, 0.25) is 0 Å². The summed E-state index contributed by atoms with van der Waals surface area (Å²) in [6.07, 6.45) is 1.24. The van der Waals surface area contributed by atoms with E-state index in [0.717, 1.165) is 5.56 Å². The number of aromatic nitrogens is 1. The molecular formula is C15H19ClN2O2S. The number of hydrogen-bond acceptors (Lipinski definition) is 5. The van der Waals surface area contributed by atoms with Crippen LogP contribution in [0.25, 0.3) is 0 Å². The minimum Gasteiger partial charge on any atom is -0.389 e. The van der Waals surface area contributed by atoms with Crippen molar-refractivity contribution in [2.24, 2.45) is 0 Å². The molecule has 0 aromatic carbocycles. The molecule has 0 bridgehead atoms. The second-order valence-electron chi connectivity index (χ2n) is 4.93. The Hall–Kier alpha value is -0.980. The third-order valence-electron chi connectivity index (χ3n) is 2.90. The number of ether oxygens (including phenoxy) is 1. The molecule has 1 N–H and O–H groups in total. The zero-order valence-corrected chi connectivity index (χ0v) is 13.5. The van der Waals surface area contributed by atoms with Crippen LogP contribution in [0.5, 0.6) is 0 Å². The summed E-state index contributed by atoms with van der Waals surface area (Å²) in [5.74, 6) is 0. The van der Waals surface area contributed by atoms with Crippen molar-refractivity contribution < 1.29 is 9.84 Å². The molecule has 1 unspecified atom stereocenters. The third kappa shape index (κ3) is 6.11. The van der Waals surface area contributed by atoms with Crippen LogP contribution in [0.3, 0.4) is 0 Å². The lowest BCUT2D eigenvalue weighted by molar-refractivity contribution is 0.0135. The van der Waals surface area contributed by atoms with Gasteiger partial charge in [-0.05, 0) is 30.1 Å². The smallest absolute Gasteiger partial charge is 0.129 e. The number of likely N-dealkylation sites (N-methyl/N-ethyl adjacent to an activating group) is 1. The number of pyridine rings is 1. The lowest BCUT2D eigenvalue weighted by Crippen LogP contribution is -2.31. The van der Waals surface area contributed by atoms with E-state index in [1.54, 1.807) is 23.6 Å². The van der Waals surface area contributed by atoms with Crippen LogP contribution in [0, 0.1) is 0 Å². The number of halogens is 1. The van der Waals surface area contributed by atoms with Crippen molar-refractivity contribution in [2.75, 3.05) is 20.2 Å². The molecule has 2 heterocycles. The second kappa shape index (κ2) is 8.46. The highest BCUT2D eigenvalue weighted by molar-refractivity contribution is 7.09. The molecule has 6 heteroatoms. The number of aliphatic hydroxyl groups excluding tert-OH is 1. The van der Waals surface area contributed by atoms with Crippen molar-refractivity contribution in [1.29, 1.82) is 0 Å². The highest BCUT2D eigenvalue weighted by atomic mass is 35.5. The summed E-state index contributed by atoms with van der Waals surface area (Å²) >= 11 is 7.41. The van der Waals surface area contributed by atoms with E-state index in [4.69, 9.17) is 16.3 Å². The molecule has 0 amide bonds. The molecule has 2 aromatic rings. The van der Waals surface area contributed by atoms with E-state index in [2.05, 4.69) is 4.98 Å². The molecule has 0 aliphatic heterocycles. The molecule has 0 fully saturated rings. The van der Waals surface area contributed by atoms with E-state index in [1.165, 1.54) is 4.88 Å². The zero-order valence-electron chi connectivity index (χ0n) is 11.9. The van der Waals surface area contributed by atoms with E-state index in [9.17, 15) is 5.11 Å². The van der Waals surface area contributed by atoms with Crippen LogP contribution in [0.1, 0.15) is 10.4 Å². The molecule has 0 aliphatic carbocycles. The Balaban J connectivity index is 1.66. The van der Waals surface area contributed by atoms with Crippen LogP contribution < -0.4 is 0 Å². The molecule has 0 saturated heterocycles. The molecule has 4 nitrogen and oxygen atoms in total. The maximum absolute atomic E-state index is 9.97. The maximum atomic E-state index is 9.97. The van der Waals surface area contributed by atoms with Gasteiger partial charge in [-0.1, -0.05) is 23.7 Å². The first-order valence-electron chi connectivity index (χ1n) is 6.70. The van der Waals surface area contributed by atoms with Crippen LogP contribution in [-0.2, 0) is 17.9 Å². The quantitative estimate of drug-likeness (QED) is 0.758. The van der Waals surface area contributed by atoms with Gasteiger partial charge in [-0.15, -0.1) is 11.3 Å². The first-order chi connectivity index (χ1) is 10.1. The van der Waals surface area contributed by atoms with E-state index < -0.39 is 6.10 Å². The zero-order chi connectivity index (χ0) is 15.1. The lowest BCUT2D eigenvalue weighted by atomic mass is 10.2. The van der Waals surface area contributed by atoms with Gasteiger partial charge in [0.1, 0.15) is 5.15 Å². The van der Waals surface area contributed by atoms with Crippen molar-refractivity contribution >= 4 is 22.9 Å². The molecule has 1 atom stereocenters. The van der Waals surface area contributed by atoms with E-state index >= 15 is 0 Å². The molecule has 0 aliphatic rings. The Morgan fingerprint density at radius 1 is 1.43 bits per heavy atom. The molecule has 0 spiro atoms. The summed E-state index contributed by atoms with van der Waals surface area (Å²) in [6, 6.07) is 7.72. The predicted octanol–water partition coefficient (Wildman–Crippen LogP) is 2.81. The summed E-state index contributed by atoms with van der Waals surface area (Å²) in [7, 11) is 1.96. The van der Waals surface area contributed by atoms with Gasteiger partial charge in [0.05, 0.1) is 19.3 Å². The lowest BCUT2D eigenvalue weighted by Gasteiger charge is -2.20. The summed E-state index contributed by atoms with van der Waals surface area (Å²) in [5.41, 5.74) is 1.06. The molecule has 2 rings (SSSR count). The SMILES string of the molecule is CN(Cc1ccc(Cl)nc1)CC(O)COCc1cccs1. The van der Waals surface area contributed by atoms with Crippen molar-refractivity contribution in [3.63, 3.8) is 0 Å². The van der Waals surface area contributed by atoms with Crippen molar-refractivity contribution in [3.8, 4) is 0 Å². The Morgan fingerprint density at radius 3 is 2.95 bits per heavy atom. The third-order valence-corrected chi connectivity index (χ3v) is 3.97. The first-order valence-corrected chi connectivity index (χ1v) is 7.96. The summed E-state index contributed by atoms with van der Waals surface area (Å²) in [4.78, 5) is 7.24. The molecular weight excluding hydrogens is 308 g/mol. The van der Waals surface area contributed by atoms with Gasteiger partial charge in [0.25, 0.3) is 0 Å². The van der Waals surface area contributed by atoms with E-state index in [-0.39, 0.29) is 0 Å². The van der Waals surface area contributed by atoms with Crippen molar-refractivity contribution in [3.05, 3.63) is 51.4 Å². The highest BCUT2D eigenvalue weighted by Crippen LogP contribution is 2.10. The van der Waals surface area contributed by atoms with E-state index in [0.29, 0.717) is 31.5 Å². The average Bonchev–Trinajstić information content (AvgIpc) is 2.94. The number of rotatable bonds is 8. The Morgan fingerprint density at radius 2 is 2.29 bits per heavy atom. The maximum Gasteiger partial charge on any atom is 0.129 e. The standard InChI is InChI=1S/C15H19ClN2O2S/c1-18(8-12-4-5-15(16)17-7-12)9-13(19)10-20-11-14-3-2-6-21-14/h2-7,13,19H,8-11H2,1H3. The largest absolute Gasteiger partial charge is 0.389 e. The van der Waals surface area contributed by atoms with Crippen LogP contribution in [0.2, 0.25) is 5.15 Å². The van der Waals surface area contributed by atoms with Crippen molar-refractivity contribution in [1.82, 2.24) is 9.88 Å². The summed E-state index contributed by atoms with van der Waals surface area (Å²) in [5, 5.41) is 12.5. The monoisotopic (exact) mass is 326 g/mol. The van der Waals surface area contributed by atoms with E-state index in [1.807, 2.05) is 35.5 Å².